The molecule has 2 nitrogen and oxygen atoms in total. The number of nitrogens with zero attached hydrogens (tertiary/aromatic N) is 2. The van der Waals surface area contributed by atoms with Gasteiger partial charge < -0.3 is 0 Å². The molecule has 14 heavy (non-hydrogen) atoms. The molecule has 3 heteroatoms. The van der Waals surface area contributed by atoms with Crippen molar-refractivity contribution in [2.24, 2.45) is 0 Å². The molecule has 0 aromatic carbocycles. The maximum absolute atomic E-state index is 5.90. The van der Waals surface area contributed by atoms with E-state index < -0.39 is 0 Å². The van der Waals surface area contributed by atoms with E-state index in [4.69, 9.17) is 11.6 Å². The molecule has 0 aliphatic carbocycles. The summed E-state index contributed by atoms with van der Waals surface area (Å²) in [6.45, 7) is 8.44. The molecule has 0 fully saturated rings. The zero-order chi connectivity index (χ0) is 10.8. The Kier molecular flexibility index (Phi) is 3.48. The molecule has 0 unspecified atom stereocenters. The van der Waals surface area contributed by atoms with Crippen molar-refractivity contribution < 1.29 is 0 Å². The summed E-state index contributed by atoms with van der Waals surface area (Å²) in [7, 11) is 0. The summed E-state index contributed by atoms with van der Waals surface area (Å²) in [6.07, 6.45) is 0.904. The van der Waals surface area contributed by atoms with Crippen LogP contribution in [-0.4, -0.2) is 10.2 Å². The molecule has 0 saturated carbocycles. The molecule has 0 N–H and O–H groups in total. The van der Waals surface area contributed by atoms with Gasteiger partial charge in [0, 0.05) is 11.3 Å². The lowest BCUT2D eigenvalue weighted by Crippen LogP contribution is -2.17. The summed E-state index contributed by atoms with van der Waals surface area (Å²) in [5, 5.41) is 8.42. The first-order chi connectivity index (χ1) is 6.49. The predicted molar refractivity (Wildman–Crippen MR) is 59.7 cm³/mol. The Morgan fingerprint density at radius 2 is 1.93 bits per heavy atom. The lowest BCUT2D eigenvalue weighted by atomic mass is 9.89. The van der Waals surface area contributed by atoms with Crippen LogP contribution < -0.4 is 0 Å². The van der Waals surface area contributed by atoms with Gasteiger partial charge in [0.1, 0.15) is 0 Å². The third-order valence-electron chi connectivity index (χ3n) is 2.14. The van der Waals surface area contributed by atoms with E-state index in [1.807, 2.05) is 0 Å². The van der Waals surface area contributed by atoms with Crippen LogP contribution in [0.5, 0.6) is 0 Å². The van der Waals surface area contributed by atoms with Crippen LogP contribution in [0.1, 0.15) is 44.6 Å². The lowest BCUT2D eigenvalue weighted by Gasteiger charge is -2.20. The minimum atomic E-state index is 0.0174. The Labute approximate surface area is 90.7 Å². The van der Waals surface area contributed by atoms with Gasteiger partial charge in [-0.1, -0.05) is 27.7 Å². The van der Waals surface area contributed by atoms with Gasteiger partial charge >= 0.3 is 0 Å². The number of aryl methyl sites for hydroxylation is 1. The molecule has 0 aliphatic heterocycles. The normalized spacial score (nSPS) is 11.8. The van der Waals surface area contributed by atoms with Crippen molar-refractivity contribution in [1.29, 1.82) is 0 Å². The summed E-state index contributed by atoms with van der Waals surface area (Å²) in [4.78, 5) is 0. The molecule has 78 valence electrons. The van der Waals surface area contributed by atoms with Crippen LogP contribution in [0.15, 0.2) is 6.07 Å². The first-order valence-electron chi connectivity index (χ1n) is 4.91. The third kappa shape index (κ3) is 2.44. The maximum Gasteiger partial charge on any atom is 0.0728 e. The molecule has 1 rings (SSSR count). The van der Waals surface area contributed by atoms with Gasteiger partial charge in [-0.05, 0) is 18.1 Å². The Morgan fingerprint density at radius 3 is 2.36 bits per heavy atom. The number of halogens is 1. The van der Waals surface area contributed by atoms with Crippen LogP contribution in [0.2, 0.25) is 0 Å². The van der Waals surface area contributed by atoms with Crippen molar-refractivity contribution in [3.63, 3.8) is 0 Å². The highest BCUT2D eigenvalue weighted by molar-refractivity contribution is 6.17. The van der Waals surface area contributed by atoms with E-state index in [0.717, 1.165) is 23.4 Å². The first kappa shape index (κ1) is 11.4. The fourth-order valence-electron chi connectivity index (χ4n) is 1.38. The fourth-order valence-corrected chi connectivity index (χ4v) is 1.59. The van der Waals surface area contributed by atoms with Crippen LogP contribution in [-0.2, 0) is 17.7 Å². The monoisotopic (exact) mass is 212 g/mol. The average molecular weight is 213 g/mol. The van der Waals surface area contributed by atoms with Gasteiger partial charge in [-0.15, -0.1) is 11.6 Å². The van der Waals surface area contributed by atoms with Gasteiger partial charge in [-0.2, -0.15) is 10.2 Å². The van der Waals surface area contributed by atoms with E-state index in [-0.39, 0.29) is 5.41 Å². The molecule has 1 heterocycles. The number of aromatic nitrogens is 2. The Hall–Kier alpha value is -0.630. The molecule has 0 bridgehead atoms. The standard InChI is InChI=1S/C11H17ClN2/c1-5-9-6-8(7-12)10(14-13-9)11(2,3)4/h6H,5,7H2,1-4H3. The Bertz CT molecular complexity index is 316. The fraction of sp³-hybridized carbons (Fsp3) is 0.636. The van der Waals surface area contributed by atoms with E-state index in [0.29, 0.717) is 5.88 Å². The topological polar surface area (TPSA) is 25.8 Å². The smallest absolute Gasteiger partial charge is 0.0728 e. The van der Waals surface area contributed by atoms with Crippen LogP contribution >= 0.6 is 11.6 Å². The summed E-state index contributed by atoms with van der Waals surface area (Å²) < 4.78 is 0. The molecule has 0 amide bonds. The van der Waals surface area contributed by atoms with E-state index in [1.54, 1.807) is 0 Å². The number of rotatable bonds is 2. The van der Waals surface area contributed by atoms with Crippen molar-refractivity contribution in [3.8, 4) is 0 Å². The van der Waals surface area contributed by atoms with E-state index in [2.05, 4.69) is 44.0 Å². The molecular weight excluding hydrogens is 196 g/mol. The highest BCUT2D eigenvalue weighted by Gasteiger charge is 2.20. The molecule has 1 aromatic rings. The molecular formula is C11H17ClN2. The molecule has 0 spiro atoms. The molecule has 0 aliphatic rings. The third-order valence-corrected chi connectivity index (χ3v) is 2.43. The number of hydrogen-bond acceptors (Lipinski definition) is 2. The number of hydrogen-bond donors (Lipinski definition) is 0. The summed E-state index contributed by atoms with van der Waals surface area (Å²) in [5.41, 5.74) is 3.13. The summed E-state index contributed by atoms with van der Waals surface area (Å²) in [5.74, 6) is 0.509. The second-order valence-corrected chi connectivity index (χ2v) is 4.71. The van der Waals surface area contributed by atoms with Crippen LogP contribution in [0, 0.1) is 0 Å². The van der Waals surface area contributed by atoms with Crippen molar-refractivity contribution in [3.05, 3.63) is 23.0 Å². The van der Waals surface area contributed by atoms with Gasteiger partial charge in [0.05, 0.1) is 11.4 Å². The Balaban J connectivity index is 3.18. The van der Waals surface area contributed by atoms with Crippen LogP contribution in [0.4, 0.5) is 0 Å². The zero-order valence-electron chi connectivity index (χ0n) is 9.26. The largest absolute Gasteiger partial charge is 0.155 e. The quantitative estimate of drug-likeness (QED) is 0.705. The zero-order valence-corrected chi connectivity index (χ0v) is 10.0. The first-order valence-corrected chi connectivity index (χ1v) is 5.44. The van der Waals surface area contributed by atoms with Crippen molar-refractivity contribution in [1.82, 2.24) is 10.2 Å². The van der Waals surface area contributed by atoms with Gasteiger partial charge in [0.15, 0.2) is 0 Å². The van der Waals surface area contributed by atoms with Gasteiger partial charge in [0.2, 0.25) is 0 Å². The van der Waals surface area contributed by atoms with Crippen molar-refractivity contribution in [2.45, 2.75) is 45.4 Å². The minimum Gasteiger partial charge on any atom is -0.155 e. The summed E-state index contributed by atoms with van der Waals surface area (Å²) >= 11 is 5.90. The van der Waals surface area contributed by atoms with Gasteiger partial charge in [-0.3, -0.25) is 0 Å². The van der Waals surface area contributed by atoms with Gasteiger partial charge in [-0.25, -0.2) is 0 Å². The SMILES string of the molecule is CCc1cc(CCl)c(C(C)(C)C)nn1. The van der Waals surface area contributed by atoms with Crippen LogP contribution in [0.25, 0.3) is 0 Å². The van der Waals surface area contributed by atoms with Crippen molar-refractivity contribution >= 4 is 11.6 Å². The van der Waals surface area contributed by atoms with E-state index in [9.17, 15) is 0 Å². The van der Waals surface area contributed by atoms with Crippen LogP contribution in [0.3, 0.4) is 0 Å². The average Bonchev–Trinajstić information content (AvgIpc) is 2.15. The highest BCUT2D eigenvalue weighted by atomic mass is 35.5. The molecule has 0 radical (unpaired) electrons. The second-order valence-electron chi connectivity index (χ2n) is 4.45. The summed E-state index contributed by atoms with van der Waals surface area (Å²) in [6, 6.07) is 2.06. The predicted octanol–water partition coefficient (Wildman–Crippen LogP) is 3.08. The van der Waals surface area contributed by atoms with Crippen molar-refractivity contribution in [2.75, 3.05) is 0 Å². The maximum atomic E-state index is 5.90. The van der Waals surface area contributed by atoms with E-state index >= 15 is 0 Å². The number of alkyl halides is 1. The van der Waals surface area contributed by atoms with E-state index in [1.165, 1.54) is 0 Å². The molecule has 1 aromatic heterocycles. The second kappa shape index (κ2) is 4.26. The molecule has 0 saturated heterocycles. The molecule has 0 atom stereocenters. The Morgan fingerprint density at radius 1 is 1.29 bits per heavy atom. The highest BCUT2D eigenvalue weighted by Crippen LogP contribution is 2.24. The van der Waals surface area contributed by atoms with Gasteiger partial charge in [0.25, 0.3) is 0 Å². The minimum absolute atomic E-state index is 0.0174. The lowest BCUT2D eigenvalue weighted by molar-refractivity contribution is 0.550.